The van der Waals surface area contributed by atoms with Crippen molar-refractivity contribution in [2.24, 2.45) is 0 Å². The molecular formula is C14H14FNO. The number of halogens is 1. The number of aliphatic hydroxyl groups excluding tert-OH is 1. The van der Waals surface area contributed by atoms with Gasteiger partial charge in [0.05, 0.1) is 6.10 Å². The normalized spacial score (nSPS) is 12.4. The fraction of sp³-hybridized carbons (Fsp3) is 0.214. The monoisotopic (exact) mass is 231 g/mol. The summed E-state index contributed by atoms with van der Waals surface area (Å²) in [5.74, 6) is -0.263. The average Bonchev–Trinajstić information content (AvgIpc) is 2.32. The highest BCUT2D eigenvalue weighted by molar-refractivity contribution is 5.23. The van der Waals surface area contributed by atoms with Crippen molar-refractivity contribution in [3.05, 3.63) is 65.2 Å². The van der Waals surface area contributed by atoms with Gasteiger partial charge in [-0.15, -0.1) is 0 Å². The molecule has 1 aromatic carbocycles. The number of aryl methyl sites for hydroxylation is 1. The Morgan fingerprint density at radius 3 is 2.59 bits per heavy atom. The van der Waals surface area contributed by atoms with Crippen molar-refractivity contribution in [2.45, 2.75) is 19.4 Å². The molecule has 1 N–H and O–H groups in total. The molecule has 0 aliphatic rings. The highest BCUT2D eigenvalue weighted by Gasteiger charge is 2.09. The van der Waals surface area contributed by atoms with E-state index in [4.69, 9.17) is 0 Å². The first kappa shape index (κ1) is 11.7. The molecule has 88 valence electrons. The summed E-state index contributed by atoms with van der Waals surface area (Å²) in [4.78, 5) is 4.04. The molecule has 0 spiro atoms. The van der Waals surface area contributed by atoms with Crippen LogP contribution in [0.1, 0.15) is 22.8 Å². The van der Waals surface area contributed by atoms with Crippen LogP contribution in [-0.2, 0) is 6.42 Å². The van der Waals surface area contributed by atoms with Gasteiger partial charge in [-0.2, -0.15) is 0 Å². The number of benzene rings is 1. The molecule has 1 unspecified atom stereocenters. The van der Waals surface area contributed by atoms with Crippen molar-refractivity contribution < 1.29 is 9.50 Å². The zero-order valence-corrected chi connectivity index (χ0v) is 9.60. The van der Waals surface area contributed by atoms with Crippen molar-refractivity contribution in [1.29, 1.82) is 0 Å². The van der Waals surface area contributed by atoms with Crippen LogP contribution in [0.2, 0.25) is 0 Å². The van der Waals surface area contributed by atoms with Crippen molar-refractivity contribution in [3.8, 4) is 0 Å². The van der Waals surface area contributed by atoms with Gasteiger partial charge in [0.2, 0.25) is 0 Å². The maximum atomic E-state index is 12.7. The van der Waals surface area contributed by atoms with Gasteiger partial charge in [0.25, 0.3) is 0 Å². The number of hydrogen-bond donors (Lipinski definition) is 1. The number of aromatic nitrogens is 1. The highest BCUT2D eigenvalue weighted by Crippen LogP contribution is 2.18. The molecule has 0 amide bonds. The Bertz CT molecular complexity index is 496. The van der Waals surface area contributed by atoms with Gasteiger partial charge in [-0.05, 0) is 35.7 Å². The van der Waals surface area contributed by atoms with Crippen LogP contribution in [0.25, 0.3) is 0 Å². The number of pyridine rings is 1. The number of hydrogen-bond acceptors (Lipinski definition) is 2. The van der Waals surface area contributed by atoms with Crippen LogP contribution in [0, 0.1) is 12.7 Å². The summed E-state index contributed by atoms with van der Waals surface area (Å²) in [6, 6.07) is 8.07. The fourth-order valence-electron chi connectivity index (χ4n) is 1.72. The molecular weight excluding hydrogens is 217 g/mol. The maximum Gasteiger partial charge on any atom is 0.123 e. The molecule has 1 atom stereocenters. The van der Waals surface area contributed by atoms with Gasteiger partial charge in [0.15, 0.2) is 0 Å². The molecule has 0 saturated carbocycles. The molecule has 0 radical (unpaired) electrons. The number of aliphatic hydroxyl groups is 1. The predicted molar refractivity (Wildman–Crippen MR) is 64.0 cm³/mol. The van der Waals surface area contributed by atoms with Crippen molar-refractivity contribution in [1.82, 2.24) is 4.98 Å². The zero-order chi connectivity index (χ0) is 12.3. The van der Waals surface area contributed by atoms with E-state index in [0.29, 0.717) is 6.42 Å². The maximum absolute atomic E-state index is 12.7. The Balaban J connectivity index is 2.11. The lowest BCUT2D eigenvalue weighted by Crippen LogP contribution is -2.02. The molecule has 2 nitrogen and oxygen atoms in total. The van der Waals surface area contributed by atoms with E-state index in [2.05, 4.69) is 4.98 Å². The summed E-state index contributed by atoms with van der Waals surface area (Å²) < 4.78 is 12.7. The van der Waals surface area contributed by atoms with E-state index in [9.17, 15) is 9.50 Å². The Morgan fingerprint density at radius 1 is 1.24 bits per heavy atom. The lowest BCUT2D eigenvalue weighted by Gasteiger charge is -2.11. The van der Waals surface area contributed by atoms with Crippen LogP contribution in [0.3, 0.4) is 0 Å². The van der Waals surface area contributed by atoms with E-state index in [0.717, 1.165) is 16.7 Å². The minimum atomic E-state index is -0.604. The van der Waals surface area contributed by atoms with Crippen LogP contribution >= 0.6 is 0 Å². The van der Waals surface area contributed by atoms with Crippen LogP contribution in [0.5, 0.6) is 0 Å². The van der Waals surface area contributed by atoms with Gasteiger partial charge in [0.1, 0.15) is 5.82 Å². The predicted octanol–water partition coefficient (Wildman–Crippen LogP) is 2.81. The van der Waals surface area contributed by atoms with E-state index >= 15 is 0 Å². The third kappa shape index (κ3) is 3.11. The second kappa shape index (κ2) is 5.06. The Hall–Kier alpha value is -1.74. The summed E-state index contributed by atoms with van der Waals surface area (Å²) >= 11 is 0. The van der Waals surface area contributed by atoms with Crippen LogP contribution in [-0.4, -0.2) is 10.1 Å². The summed E-state index contributed by atoms with van der Waals surface area (Å²) in [5, 5.41) is 10.0. The third-order valence-electron chi connectivity index (χ3n) is 2.62. The van der Waals surface area contributed by atoms with Gasteiger partial charge in [-0.3, -0.25) is 4.98 Å². The van der Waals surface area contributed by atoms with E-state index in [1.165, 1.54) is 12.1 Å². The largest absolute Gasteiger partial charge is 0.388 e. The summed E-state index contributed by atoms with van der Waals surface area (Å²) in [7, 11) is 0. The smallest absolute Gasteiger partial charge is 0.123 e. The van der Waals surface area contributed by atoms with E-state index in [1.807, 2.05) is 13.0 Å². The second-order valence-electron chi connectivity index (χ2n) is 4.14. The molecule has 0 bridgehead atoms. The molecule has 3 heteroatoms. The van der Waals surface area contributed by atoms with Gasteiger partial charge >= 0.3 is 0 Å². The molecule has 2 aromatic rings. The number of rotatable bonds is 3. The van der Waals surface area contributed by atoms with Crippen LogP contribution < -0.4 is 0 Å². The first-order valence-electron chi connectivity index (χ1n) is 5.49. The SMILES string of the molecule is Cc1cncc(C(O)Cc2ccc(F)cc2)c1. The first-order chi connectivity index (χ1) is 8.15. The van der Waals surface area contributed by atoms with Crippen LogP contribution in [0.4, 0.5) is 4.39 Å². The van der Waals surface area contributed by atoms with Gasteiger partial charge in [-0.25, -0.2) is 4.39 Å². The lowest BCUT2D eigenvalue weighted by atomic mass is 10.0. The molecule has 0 fully saturated rings. The van der Waals surface area contributed by atoms with E-state index in [1.54, 1.807) is 24.5 Å². The molecule has 0 saturated heterocycles. The highest BCUT2D eigenvalue weighted by atomic mass is 19.1. The molecule has 2 rings (SSSR count). The van der Waals surface area contributed by atoms with E-state index in [-0.39, 0.29) is 5.82 Å². The Kier molecular flexibility index (Phi) is 3.49. The summed E-state index contributed by atoms with van der Waals surface area (Å²) in [6.07, 6.45) is 3.26. The zero-order valence-electron chi connectivity index (χ0n) is 9.60. The number of nitrogens with zero attached hydrogens (tertiary/aromatic N) is 1. The van der Waals surface area contributed by atoms with Crippen LogP contribution in [0.15, 0.2) is 42.7 Å². The third-order valence-corrected chi connectivity index (χ3v) is 2.62. The van der Waals surface area contributed by atoms with Gasteiger partial charge in [-0.1, -0.05) is 18.2 Å². The van der Waals surface area contributed by atoms with Gasteiger partial charge in [0, 0.05) is 18.8 Å². The second-order valence-corrected chi connectivity index (χ2v) is 4.14. The molecule has 1 heterocycles. The van der Waals surface area contributed by atoms with Gasteiger partial charge < -0.3 is 5.11 Å². The lowest BCUT2D eigenvalue weighted by molar-refractivity contribution is 0.178. The Morgan fingerprint density at radius 2 is 1.94 bits per heavy atom. The fourth-order valence-corrected chi connectivity index (χ4v) is 1.72. The minimum absolute atomic E-state index is 0.263. The Labute approximate surface area is 99.8 Å². The molecule has 1 aromatic heterocycles. The summed E-state index contributed by atoms with van der Waals surface area (Å²) in [5.41, 5.74) is 2.70. The van der Waals surface area contributed by atoms with E-state index < -0.39 is 6.10 Å². The molecule has 0 aliphatic heterocycles. The minimum Gasteiger partial charge on any atom is -0.388 e. The molecule has 0 aliphatic carbocycles. The topological polar surface area (TPSA) is 33.1 Å². The quantitative estimate of drug-likeness (QED) is 0.881. The summed E-state index contributed by atoms with van der Waals surface area (Å²) in [6.45, 7) is 1.93. The van der Waals surface area contributed by atoms with Crippen molar-refractivity contribution >= 4 is 0 Å². The molecule has 17 heavy (non-hydrogen) atoms. The average molecular weight is 231 g/mol. The standard InChI is InChI=1S/C14H14FNO/c1-10-6-12(9-16-8-10)14(17)7-11-2-4-13(15)5-3-11/h2-6,8-9,14,17H,7H2,1H3. The van der Waals surface area contributed by atoms with Crippen molar-refractivity contribution in [2.75, 3.05) is 0 Å². The first-order valence-corrected chi connectivity index (χ1v) is 5.49. The van der Waals surface area contributed by atoms with Crippen molar-refractivity contribution in [3.63, 3.8) is 0 Å².